The summed E-state index contributed by atoms with van der Waals surface area (Å²) in [4.78, 5) is 0. The van der Waals surface area contributed by atoms with Gasteiger partial charge in [0.05, 0.1) is 6.04 Å². The highest BCUT2D eigenvalue weighted by atomic mass is 79.9. The van der Waals surface area contributed by atoms with E-state index in [4.69, 9.17) is 15.2 Å². The summed E-state index contributed by atoms with van der Waals surface area (Å²) in [6.45, 7) is 0.473. The van der Waals surface area contributed by atoms with E-state index in [1.54, 1.807) is 11.3 Å². The second-order valence-electron chi connectivity index (χ2n) is 4.11. The van der Waals surface area contributed by atoms with Gasteiger partial charge in [-0.2, -0.15) is 11.3 Å². The molecule has 1 aromatic carbocycles. The third-order valence-electron chi connectivity index (χ3n) is 2.93. The van der Waals surface area contributed by atoms with E-state index in [1.165, 1.54) is 0 Å². The number of rotatable bonds is 2. The molecule has 1 aliphatic heterocycles. The van der Waals surface area contributed by atoms with Crippen molar-refractivity contribution in [3.05, 3.63) is 45.1 Å². The Morgan fingerprint density at radius 2 is 2.06 bits per heavy atom. The first-order valence-corrected chi connectivity index (χ1v) is 7.35. The molecule has 5 heteroatoms. The van der Waals surface area contributed by atoms with Crippen LogP contribution in [0.5, 0.6) is 11.5 Å². The van der Waals surface area contributed by atoms with Crippen molar-refractivity contribution in [1.82, 2.24) is 0 Å². The molecule has 3 nitrogen and oxygen atoms in total. The van der Waals surface area contributed by atoms with Crippen LogP contribution in [0.3, 0.4) is 0 Å². The quantitative estimate of drug-likeness (QED) is 0.920. The fourth-order valence-corrected chi connectivity index (χ4v) is 3.55. The van der Waals surface area contributed by atoms with Crippen molar-refractivity contribution < 1.29 is 9.47 Å². The molecule has 1 aromatic heterocycles. The highest BCUT2D eigenvalue weighted by molar-refractivity contribution is 9.10. The van der Waals surface area contributed by atoms with Crippen LogP contribution in [-0.2, 0) is 0 Å². The summed E-state index contributed by atoms with van der Waals surface area (Å²) in [6, 6.07) is 7.46. The lowest BCUT2D eigenvalue weighted by Crippen LogP contribution is -2.38. The summed E-state index contributed by atoms with van der Waals surface area (Å²) in [5, 5.41) is 4.06. The van der Waals surface area contributed by atoms with E-state index in [1.807, 2.05) is 35.0 Å². The first kappa shape index (κ1) is 12.0. The van der Waals surface area contributed by atoms with Crippen LogP contribution in [-0.4, -0.2) is 12.7 Å². The molecule has 0 radical (unpaired) electrons. The van der Waals surface area contributed by atoms with Gasteiger partial charge < -0.3 is 15.2 Å². The second-order valence-corrected chi connectivity index (χ2v) is 5.71. The van der Waals surface area contributed by atoms with Crippen molar-refractivity contribution in [2.45, 2.75) is 12.1 Å². The van der Waals surface area contributed by atoms with Gasteiger partial charge in [-0.25, -0.2) is 0 Å². The molecule has 2 N–H and O–H groups in total. The lowest BCUT2D eigenvalue weighted by molar-refractivity contribution is 0.0721. The standard InChI is InChI=1S/C13H12BrNO2S/c14-9-7-18-6-8(9)13(15)12-5-16-10-3-1-2-4-11(10)17-12/h1-4,6-7,12-13H,5,15H2. The molecule has 0 spiro atoms. The van der Waals surface area contributed by atoms with Gasteiger partial charge in [-0.15, -0.1) is 0 Å². The molecule has 3 rings (SSSR count). The second kappa shape index (κ2) is 4.91. The molecule has 2 heterocycles. The molecule has 0 saturated carbocycles. The number of para-hydroxylation sites is 2. The van der Waals surface area contributed by atoms with Crippen molar-refractivity contribution in [2.75, 3.05) is 6.61 Å². The number of ether oxygens (including phenoxy) is 2. The summed E-state index contributed by atoms with van der Waals surface area (Å²) in [5.41, 5.74) is 7.31. The maximum Gasteiger partial charge on any atom is 0.161 e. The number of fused-ring (bicyclic) bond motifs is 1. The van der Waals surface area contributed by atoms with Crippen LogP contribution in [0.15, 0.2) is 39.5 Å². The number of hydrogen-bond acceptors (Lipinski definition) is 4. The highest BCUT2D eigenvalue weighted by Gasteiger charge is 2.28. The number of nitrogens with two attached hydrogens (primary N) is 1. The van der Waals surface area contributed by atoms with Crippen LogP contribution in [0.4, 0.5) is 0 Å². The molecule has 1 aliphatic rings. The molecule has 0 amide bonds. The molecular weight excluding hydrogens is 314 g/mol. The van der Waals surface area contributed by atoms with E-state index in [0.717, 1.165) is 21.5 Å². The van der Waals surface area contributed by atoms with Gasteiger partial charge in [0.15, 0.2) is 17.6 Å². The minimum absolute atomic E-state index is 0.161. The Kier molecular flexibility index (Phi) is 3.28. The predicted octanol–water partition coefficient (Wildman–Crippen LogP) is 3.35. The Morgan fingerprint density at radius 1 is 1.28 bits per heavy atom. The topological polar surface area (TPSA) is 44.5 Å². The molecule has 2 unspecified atom stereocenters. The third kappa shape index (κ3) is 2.13. The van der Waals surface area contributed by atoms with Gasteiger partial charge in [0.1, 0.15) is 6.61 Å². The van der Waals surface area contributed by atoms with Gasteiger partial charge in [0, 0.05) is 9.85 Å². The summed E-state index contributed by atoms with van der Waals surface area (Å²) >= 11 is 5.12. The number of halogens is 1. The average Bonchev–Trinajstić information content (AvgIpc) is 2.83. The van der Waals surface area contributed by atoms with E-state index < -0.39 is 0 Å². The van der Waals surface area contributed by atoms with Crippen LogP contribution in [0.1, 0.15) is 11.6 Å². The van der Waals surface area contributed by atoms with Gasteiger partial charge in [-0.3, -0.25) is 0 Å². The van der Waals surface area contributed by atoms with Gasteiger partial charge in [0.2, 0.25) is 0 Å². The van der Waals surface area contributed by atoms with Gasteiger partial charge >= 0.3 is 0 Å². The monoisotopic (exact) mass is 325 g/mol. The SMILES string of the molecule is NC(c1cscc1Br)C1COc2ccccc2O1. The zero-order chi connectivity index (χ0) is 12.5. The van der Waals surface area contributed by atoms with Crippen LogP contribution in [0, 0.1) is 0 Å². The largest absolute Gasteiger partial charge is 0.486 e. The molecule has 94 valence electrons. The van der Waals surface area contributed by atoms with E-state index in [-0.39, 0.29) is 12.1 Å². The van der Waals surface area contributed by atoms with Gasteiger partial charge in [-0.05, 0) is 39.0 Å². The van der Waals surface area contributed by atoms with E-state index in [2.05, 4.69) is 15.9 Å². The summed E-state index contributed by atoms with van der Waals surface area (Å²) in [6.07, 6.45) is -0.161. The van der Waals surface area contributed by atoms with Crippen LogP contribution >= 0.6 is 27.3 Å². The van der Waals surface area contributed by atoms with E-state index in [0.29, 0.717) is 6.61 Å². The molecule has 0 saturated heterocycles. The van der Waals surface area contributed by atoms with E-state index >= 15 is 0 Å². The molecule has 0 aliphatic carbocycles. The third-order valence-corrected chi connectivity index (χ3v) is 4.68. The van der Waals surface area contributed by atoms with Gasteiger partial charge in [-0.1, -0.05) is 12.1 Å². The zero-order valence-electron chi connectivity index (χ0n) is 9.51. The Bertz CT molecular complexity index is 557. The number of thiophene rings is 1. The Balaban J connectivity index is 1.82. The fraction of sp³-hybridized carbons (Fsp3) is 0.231. The maximum absolute atomic E-state index is 6.24. The van der Waals surface area contributed by atoms with Crippen LogP contribution in [0.2, 0.25) is 0 Å². The number of benzene rings is 1. The lowest BCUT2D eigenvalue weighted by Gasteiger charge is -2.30. The minimum Gasteiger partial charge on any atom is -0.486 e. The smallest absolute Gasteiger partial charge is 0.161 e. The lowest BCUT2D eigenvalue weighted by atomic mass is 10.1. The molecule has 2 aromatic rings. The Morgan fingerprint density at radius 3 is 2.78 bits per heavy atom. The summed E-state index contributed by atoms with van der Waals surface area (Å²) in [5.74, 6) is 1.54. The first-order valence-electron chi connectivity index (χ1n) is 5.61. The Hall–Kier alpha value is -1.04. The zero-order valence-corrected chi connectivity index (χ0v) is 11.9. The first-order chi connectivity index (χ1) is 8.75. The Labute approximate surface area is 118 Å². The van der Waals surface area contributed by atoms with Crippen molar-refractivity contribution in [1.29, 1.82) is 0 Å². The molecular formula is C13H12BrNO2S. The van der Waals surface area contributed by atoms with Crippen LogP contribution < -0.4 is 15.2 Å². The minimum atomic E-state index is -0.195. The fourth-order valence-electron chi connectivity index (χ4n) is 1.94. The van der Waals surface area contributed by atoms with Crippen molar-refractivity contribution in [2.24, 2.45) is 5.73 Å². The predicted molar refractivity (Wildman–Crippen MR) is 75.3 cm³/mol. The van der Waals surface area contributed by atoms with Crippen molar-refractivity contribution >= 4 is 27.3 Å². The van der Waals surface area contributed by atoms with Crippen LogP contribution in [0.25, 0.3) is 0 Å². The highest BCUT2D eigenvalue weighted by Crippen LogP contribution is 2.35. The maximum atomic E-state index is 6.24. The van der Waals surface area contributed by atoms with Gasteiger partial charge in [0.25, 0.3) is 0 Å². The summed E-state index contributed by atoms with van der Waals surface area (Å²) < 4.78 is 12.6. The van der Waals surface area contributed by atoms with Crippen molar-refractivity contribution in [3.8, 4) is 11.5 Å². The number of hydrogen-bond donors (Lipinski definition) is 1. The molecule has 0 bridgehead atoms. The molecule has 2 atom stereocenters. The molecule has 0 fully saturated rings. The van der Waals surface area contributed by atoms with Crippen molar-refractivity contribution in [3.63, 3.8) is 0 Å². The average molecular weight is 326 g/mol. The van der Waals surface area contributed by atoms with E-state index in [9.17, 15) is 0 Å². The summed E-state index contributed by atoms with van der Waals surface area (Å²) in [7, 11) is 0. The molecule has 18 heavy (non-hydrogen) atoms. The normalized spacial score (nSPS) is 19.6.